The standard InChI is InChI=1S/C19H14S/c1-2-7-14(8-3-1)19-16-10-5-4-9-15(16)13-17(19)18-11-6-12-20-18/h1-12H,13H2. The maximum absolute atomic E-state index is 2.25. The highest BCUT2D eigenvalue weighted by atomic mass is 32.1. The van der Waals surface area contributed by atoms with Crippen molar-refractivity contribution < 1.29 is 0 Å². The predicted molar refractivity (Wildman–Crippen MR) is 86.8 cm³/mol. The maximum atomic E-state index is 2.25. The highest BCUT2D eigenvalue weighted by molar-refractivity contribution is 7.11. The number of hydrogen-bond donors (Lipinski definition) is 0. The van der Waals surface area contributed by atoms with Gasteiger partial charge < -0.3 is 0 Å². The Morgan fingerprint density at radius 3 is 2.35 bits per heavy atom. The molecule has 0 atom stereocenters. The molecule has 0 fully saturated rings. The number of rotatable bonds is 2. The Balaban J connectivity index is 1.98. The molecule has 2 aromatic carbocycles. The van der Waals surface area contributed by atoms with Gasteiger partial charge in [-0.2, -0.15) is 0 Å². The molecule has 0 saturated carbocycles. The molecule has 0 nitrogen and oxygen atoms in total. The van der Waals surface area contributed by atoms with Crippen LogP contribution in [0.1, 0.15) is 21.6 Å². The van der Waals surface area contributed by atoms with Crippen molar-refractivity contribution in [3.63, 3.8) is 0 Å². The van der Waals surface area contributed by atoms with E-state index in [4.69, 9.17) is 0 Å². The Morgan fingerprint density at radius 1 is 0.750 bits per heavy atom. The Kier molecular flexibility index (Phi) is 2.79. The van der Waals surface area contributed by atoms with E-state index in [1.807, 2.05) is 11.3 Å². The summed E-state index contributed by atoms with van der Waals surface area (Å²) in [5, 5.41) is 2.16. The Morgan fingerprint density at radius 2 is 1.55 bits per heavy atom. The van der Waals surface area contributed by atoms with Gasteiger partial charge in [0.25, 0.3) is 0 Å². The van der Waals surface area contributed by atoms with E-state index in [-0.39, 0.29) is 0 Å². The van der Waals surface area contributed by atoms with E-state index in [0.717, 1.165) is 6.42 Å². The topological polar surface area (TPSA) is 0 Å². The highest BCUT2D eigenvalue weighted by Crippen LogP contribution is 2.43. The fourth-order valence-corrected chi connectivity index (χ4v) is 3.73. The molecule has 0 bridgehead atoms. The Labute approximate surface area is 123 Å². The summed E-state index contributed by atoms with van der Waals surface area (Å²) in [5.74, 6) is 0. The van der Waals surface area contributed by atoms with Crippen LogP contribution in [0.5, 0.6) is 0 Å². The summed E-state index contributed by atoms with van der Waals surface area (Å²) in [7, 11) is 0. The van der Waals surface area contributed by atoms with Crippen molar-refractivity contribution in [2.75, 3.05) is 0 Å². The number of fused-ring (bicyclic) bond motifs is 1. The van der Waals surface area contributed by atoms with E-state index in [9.17, 15) is 0 Å². The third kappa shape index (κ3) is 1.83. The quantitative estimate of drug-likeness (QED) is 0.597. The summed E-state index contributed by atoms with van der Waals surface area (Å²) in [6.45, 7) is 0. The van der Waals surface area contributed by atoms with E-state index < -0.39 is 0 Å². The zero-order valence-corrected chi connectivity index (χ0v) is 11.9. The molecule has 0 radical (unpaired) electrons. The van der Waals surface area contributed by atoms with E-state index in [0.29, 0.717) is 0 Å². The lowest BCUT2D eigenvalue weighted by molar-refractivity contribution is 1.33. The molecule has 1 heteroatoms. The molecule has 0 N–H and O–H groups in total. The van der Waals surface area contributed by atoms with Crippen LogP contribution in [-0.4, -0.2) is 0 Å². The summed E-state index contributed by atoms with van der Waals surface area (Å²) in [5.41, 5.74) is 7.02. The molecule has 0 saturated heterocycles. The summed E-state index contributed by atoms with van der Waals surface area (Å²) in [6, 6.07) is 23.9. The minimum Gasteiger partial charge on any atom is -0.144 e. The van der Waals surface area contributed by atoms with Crippen LogP contribution in [0.2, 0.25) is 0 Å². The van der Waals surface area contributed by atoms with Gasteiger partial charge in [0, 0.05) is 11.3 Å². The lowest BCUT2D eigenvalue weighted by Gasteiger charge is -2.08. The molecule has 1 heterocycles. The largest absolute Gasteiger partial charge is 0.144 e. The van der Waals surface area contributed by atoms with Crippen LogP contribution in [0.15, 0.2) is 72.1 Å². The lowest BCUT2D eigenvalue weighted by atomic mass is 9.97. The molecule has 0 spiro atoms. The molecule has 20 heavy (non-hydrogen) atoms. The first-order chi connectivity index (χ1) is 9.93. The van der Waals surface area contributed by atoms with Gasteiger partial charge in [0.1, 0.15) is 0 Å². The zero-order valence-electron chi connectivity index (χ0n) is 11.0. The first-order valence-corrected chi connectivity index (χ1v) is 7.72. The summed E-state index contributed by atoms with van der Waals surface area (Å²) >= 11 is 1.83. The fourth-order valence-electron chi connectivity index (χ4n) is 2.95. The molecule has 0 aliphatic heterocycles. The summed E-state index contributed by atoms with van der Waals surface area (Å²) < 4.78 is 0. The van der Waals surface area contributed by atoms with Crippen LogP contribution in [-0.2, 0) is 6.42 Å². The minimum atomic E-state index is 1.04. The molecular weight excluding hydrogens is 260 g/mol. The van der Waals surface area contributed by atoms with Crippen molar-refractivity contribution >= 4 is 22.5 Å². The van der Waals surface area contributed by atoms with Gasteiger partial charge in [-0.3, -0.25) is 0 Å². The van der Waals surface area contributed by atoms with Crippen LogP contribution in [0.4, 0.5) is 0 Å². The van der Waals surface area contributed by atoms with Crippen LogP contribution in [0.3, 0.4) is 0 Å². The number of thiophene rings is 1. The van der Waals surface area contributed by atoms with E-state index in [1.54, 1.807) is 0 Å². The fraction of sp³-hybridized carbons (Fsp3) is 0.0526. The van der Waals surface area contributed by atoms with Crippen molar-refractivity contribution in [1.29, 1.82) is 0 Å². The van der Waals surface area contributed by atoms with Crippen LogP contribution in [0.25, 0.3) is 11.1 Å². The van der Waals surface area contributed by atoms with E-state index in [2.05, 4.69) is 72.1 Å². The third-order valence-electron chi connectivity index (χ3n) is 3.84. The first-order valence-electron chi connectivity index (χ1n) is 6.84. The molecule has 1 aliphatic rings. The average molecular weight is 274 g/mol. The van der Waals surface area contributed by atoms with Crippen molar-refractivity contribution in [1.82, 2.24) is 0 Å². The van der Waals surface area contributed by atoms with Crippen molar-refractivity contribution in [3.8, 4) is 0 Å². The second-order valence-electron chi connectivity index (χ2n) is 5.03. The SMILES string of the molecule is c1ccc(C2=C(c3cccs3)Cc3ccccc32)cc1. The van der Waals surface area contributed by atoms with Gasteiger partial charge in [0.2, 0.25) is 0 Å². The van der Waals surface area contributed by atoms with E-state index >= 15 is 0 Å². The first kappa shape index (κ1) is 11.7. The van der Waals surface area contributed by atoms with Gasteiger partial charge in [0.05, 0.1) is 0 Å². The second-order valence-corrected chi connectivity index (χ2v) is 5.98. The van der Waals surface area contributed by atoms with Crippen LogP contribution in [0, 0.1) is 0 Å². The molecule has 4 rings (SSSR count). The lowest BCUT2D eigenvalue weighted by Crippen LogP contribution is -1.87. The van der Waals surface area contributed by atoms with Gasteiger partial charge in [-0.1, -0.05) is 60.7 Å². The summed E-state index contributed by atoms with van der Waals surface area (Å²) in [4.78, 5) is 1.39. The minimum absolute atomic E-state index is 1.04. The predicted octanol–water partition coefficient (Wildman–Crippen LogP) is 5.26. The molecule has 1 aliphatic carbocycles. The molecular formula is C19H14S. The van der Waals surface area contributed by atoms with Crippen molar-refractivity contribution in [2.24, 2.45) is 0 Å². The number of benzene rings is 2. The van der Waals surface area contributed by atoms with Gasteiger partial charge in [-0.25, -0.2) is 0 Å². The number of hydrogen-bond acceptors (Lipinski definition) is 1. The molecule has 0 amide bonds. The summed E-state index contributed by atoms with van der Waals surface area (Å²) in [6.07, 6.45) is 1.04. The average Bonchev–Trinajstić information content (AvgIpc) is 3.15. The number of allylic oxidation sites excluding steroid dienone is 1. The molecule has 1 aromatic heterocycles. The molecule has 96 valence electrons. The Hall–Kier alpha value is -2.12. The van der Waals surface area contributed by atoms with Gasteiger partial charge in [-0.15, -0.1) is 11.3 Å². The van der Waals surface area contributed by atoms with Crippen molar-refractivity contribution in [2.45, 2.75) is 6.42 Å². The van der Waals surface area contributed by atoms with E-state index in [1.165, 1.54) is 32.7 Å². The molecule has 3 aromatic rings. The highest BCUT2D eigenvalue weighted by Gasteiger charge is 2.23. The second kappa shape index (κ2) is 4.77. The van der Waals surface area contributed by atoms with Gasteiger partial charge in [-0.05, 0) is 39.3 Å². The maximum Gasteiger partial charge on any atom is 0.0312 e. The smallest absolute Gasteiger partial charge is 0.0312 e. The normalized spacial score (nSPS) is 13.6. The third-order valence-corrected chi connectivity index (χ3v) is 4.77. The van der Waals surface area contributed by atoms with Crippen LogP contribution < -0.4 is 0 Å². The molecule has 0 unspecified atom stereocenters. The Bertz CT molecular complexity index is 765. The monoisotopic (exact) mass is 274 g/mol. The van der Waals surface area contributed by atoms with Gasteiger partial charge in [0.15, 0.2) is 0 Å². The zero-order chi connectivity index (χ0) is 13.4. The van der Waals surface area contributed by atoms with Crippen molar-refractivity contribution in [3.05, 3.63) is 93.7 Å². The van der Waals surface area contributed by atoms with Crippen LogP contribution >= 0.6 is 11.3 Å². The van der Waals surface area contributed by atoms with Gasteiger partial charge >= 0.3 is 0 Å².